The van der Waals surface area contributed by atoms with E-state index in [9.17, 15) is 9.59 Å². The van der Waals surface area contributed by atoms with Gasteiger partial charge in [-0.15, -0.1) is 0 Å². The highest BCUT2D eigenvalue weighted by Crippen LogP contribution is 2.20. The third-order valence-electron chi connectivity index (χ3n) is 2.75. The lowest BCUT2D eigenvalue weighted by molar-refractivity contribution is -0.132. The van der Waals surface area contributed by atoms with Crippen LogP contribution >= 0.6 is 0 Å². The number of carbonyl (C=O) groups excluding carboxylic acids is 2. The van der Waals surface area contributed by atoms with E-state index >= 15 is 0 Å². The molecule has 0 aromatic rings. The smallest absolute Gasteiger partial charge is 0.140 e. The first kappa shape index (κ1) is 11.4. The quantitative estimate of drug-likeness (QED) is 0.646. The second-order valence-corrected chi connectivity index (χ2v) is 4.00. The SMILES string of the molecule is CC(=O)C(CC1CCCCO1)C(C)=O. The van der Waals surface area contributed by atoms with Crippen molar-refractivity contribution in [2.24, 2.45) is 5.92 Å². The highest BCUT2D eigenvalue weighted by molar-refractivity contribution is 6.00. The van der Waals surface area contributed by atoms with Crippen molar-refractivity contribution in [3.8, 4) is 0 Å². The van der Waals surface area contributed by atoms with Gasteiger partial charge in [-0.1, -0.05) is 0 Å². The maximum atomic E-state index is 11.2. The third-order valence-corrected chi connectivity index (χ3v) is 2.75. The maximum absolute atomic E-state index is 11.2. The number of ether oxygens (including phenoxy) is 1. The molecule has 0 amide bonds. The normalized spacial score (nSPS) is 22.4. The average Bonchev–Trinajstić information content (AvgIpc) is 2.15. The molecule has 1 rings (SSSR count). The van der Waals surface area contributed by atoms with Crippen molar-refractivity contribution in [1.82, 2.24) is 0 Å². The molecule has 1 aliphatic rings. The number of carbonyl (C=O) groups is 2. The van der Waals surface area contributed by atoms with Crippen LogP contribution in [0.3, 0.4) is 0 Å². The van der Waals surface area contributed by atoms with Crippen LogP contribution in [0.4, 0.5) is 0 Å². The Kier molecular flexibility index (Phi) is 4.26. The first-order valence-corrected chi connectivity index (χ1v) is 5.23. The van der Waals surface area contributed by atoms with E-state index in [1.807, 2.05) is 0 Å². The molecular formula is C11H18O3. The molecule has 0 aromatic carbocycles. The molecule has 0 saturated carbocycles. The molecule has 0 spiro atoms. The summed E-state index contributed by atoms with van der Waals surface area (Å²) >= 11 is 0. The summed E-state index contributed by atoms with van der Waals surface area (Å²) in [5.74, 6) is -0.517. The monoisotopic (exact) mass is 198 g/mol. The Morgan fingerprint density at radius 3 is 2.36 bits per heavy atom. The van der Waals surface area contributed by atoms with Gasteiger partial charge in [0.2, 0.25) is 0 Å². The van der Waals surface area contributed by atoms with Crippen LogP contribution in [0.25, 0.3) is 0 Å². The highest BCUT2D eigenvalue weighted by Gasteiger charge is 2.25. The van der Waals surface area contributed by atoms with E-state index in [0.29, 0.717) is 6.42 Å². The minimum Gasteiger partial charge on any atom is -0.378 e. The van der Waals surface area contributed by atoms with Crippen LogP contribution in [-0.2, 0) is 14.3 Å². The Balaban J connectivity index is 2.45. The van der Waals surface area contributed by atoms with Crippen molar-refractivity contribution >= 4 is 11.6 Å². The minimum absolute atomic E-state index is 0.0355. The van der Waals surface area contributed by atoms with Crippen LogP contribution < -0.4 is 0 Å². The summed E-state index contributed by atoms with van der Waals surface area (Å²) in [6.45, 7) is 3.73. The summed E-state index contributed by atoms with van der Waals surface area (Å²) in [4.78, 5) is 22.4. The number of hydrogen-bond donors (Lipinski definition) is 0. The van der Waals surface area contributed by atoms with Crippen LogP contribution in [0.15, 0.2) is 0 Å². The lowest BCUT2D eigenvalue weighted by atomic mass is 9.91. The van der Waals surface area contributed by atoms with Gasteiger partial charge in [0.1, 0.15) is 11.6 Å². The van der Waals surface area contributed by atoms with E-state index in [0.717, 1.165) is 25.9 Å². The van der Waals surface area contributed by atoms with Gasteiger partial charge in [-0.3, -0.25) is 9.59 Å². The maximum Gasteiger partial charge on any atom is 0.140 e. The predicted molar refractivity (Wildman–Crippen MR) is 53.1 cm³/mol. The fourth-order valence-electron chi connectivity index (χ4n) is 1.87. The zero-order valence-corrected chi connectivity index (χ0v) is 8.91. The lowest BCUT2D eigenvalue weighted by Crippen LogP contribution is -2.28. The van der Waals surface area contributed by atoms with Crippen molar-refractivity contribution in [1.29, 1.82) is 0 Å². The van der Waals surface area contributed by atoms with E-state index in [4.69, 9.17) is 4.74 Å². The van der Waals surface area contributed by atoms with Gasteiger partial charge in [-0.2, -0.15) is 0 Å². The molecule has 1 unspecified atom stereocenters. The van der Waals surface area contributed by atoms with Gasteiger partial charge in [0, 0.05) is 6.61 Å². The molecule has 1 fully saturated rings. The first-order chi connectivity index (χ1) is 6.61. The van der Waals surface area contributed by atoms with Gasteiger partial charge in [0.05, 0.1) is 12.0 Å². The molecule has 1 aliphatic heterocycles. The molecule has 3 heteroatoms. The van der Waals surface area contributed by atoms with Crippen LogP contribution in [0.2, 0.25) is 0 Å². The summed E-state index contributed by atoms with van der Waals surface area (Å²) in [6, 6.07) is 0. The van der Waals surface area contributed by atoms with E-state index in [-0.39, 0.29) is 17.7 Å². The van der Waals surface area contributed by atoms with Gasteiger partial charge in [-0.25, -0.2) is 0 Å². The second kappa shape index (κ2) is 5.25. The van der Waals surface area contributed by atoms with E-state index in [1.165, 1.54) is 13.8 Å². The zero-order chi connectivity index (χ0) is 10.6. The summed E-state index contributed by atoms with van der Waals surface area (Å²) in [7, 11) is 0. The molecule has 1 atom stereocenters. The van der Waals surface area contributed by atoms with Crippen molar-refractivity contribution in [2.75, 3.05) is 6.61 Å². The van der Waals surface area contributed by atoms with Crippen LogP contribution in [-0.4, -0.2) is 24.3 Å². The van der Waals surface area contributed by atoms with E-state index in [2.05, 4.69) is 0 Å². The van der Waals surface area contributed by atoms with Crippen LogP contribution in [0.1, 0.15) is 39.5 Å². The summed E-state index contributed by atoms with van der Waals surface area (Å²) in [5, 5.41) is 0. The molecule has 0 N–H and O–H groups in total. The Labute approximate surface area is 84.8 Å². The molecule has 0 aliphatic carbocycles. The van der Waals surface area contributed by atoms with Crippen molar-refractivity contribution < 1.29 is 14.3 Å². The van der Waals surface area contributed by atoms with E-state index in [1.54, 1.807) is 0 Å². The molecule has 80 valence electrons. The Morgan fingerprint density at radius 1 is 1.29 bits per heavy atom. The fraction of sp³-hybridized carbons (Fsp3) is 0.818. The van der Waals surface area contributed by atoms with Crippen LogP contribution in [0, 0.1) is 5.92 Å². The topological polar surface area (TPSA) is 43.4 Å². The van der Waals surface area contributed by atoms with Crippen molar-refractivity contribution in [2.45, 2.75) is 45.6 Å². The van der Waals surface area contributed by atoms with Gasteiger partial charge >= 0.3 is 0 Å². The molecule has 0 bridgehead atoms. The standard InChI is InChI=1S/C11H18O3/c1-8(12)11(9(2)13)7-10-5-3-4-6-14-10/h10-11H,3-7H2,1-2H3. The van der Waals surface area contributed by atoms with Gasteiger partial charge in [-0.05, 0) is 39.5 Å². The van der Waals surface area contributed by atoms with Crippen molar-refractivity contribution in [3.05, 3.63) is 0 Å². The first-order valence-electron chi connectivity index (χ1n) is 5.23. The number of Topliss-reactive ketones (excluding diaryl/α,β-unsaturated/α-hetero) is 2. The molecule has 1 saturated heterocycles. The predicted octanol–water partition coefficient (Wildman–Crippen LogP) is 1.74. The number of ketones is 2. The van der Waals surface area contributed by atoms with Gasteiger partial charge < -0.3 is 4.74 Å². The van der Waals surface area contributed by atoms with E-state index < -0.39 is 5.92 Å². The average molecular weight is 198 g/mol. The highest BCUT2D eigenvalue weighted by atomic mass is 16.5. The van der Waals surface area contributed by atoms with Crippen LogP contribution in [0.5, 0.6) is 0 Å². The number of hydrogen-bond acceptors (Lipinski definition) is 3. The molecule has 0 radical (unpaired) electrons. The Morgan fingerprint density at radius 2 is 1.93 bits per heavy atom. The molecular weight excluding hydrogens is 180 g/mol. The molecule has 3 nitrogen and oxygen atoms in total. The largest absolute Gasteiger partial charge is 0.378 e. The third kappa shape index (κ3) is 3.22. The Hall–Kier alpha value is -0.700. The lowest BCUT2D eigenvalue weighted by Gasteiger charge is -2.24. The molecule has 0 aromatic heterocycles. The van der Waals surface area contributed by atoms with Crippen molar-refractivity contribution in [3.63, 3.8) is 0 Å². The number of rotatable bonds is 4. The molecule has 14 heavy (non-hydrogen) atoms. The van der Waals surface area contributed by atoms with Gasteiger partial charge in [0.15, 0.2) is 0 Å². The minimum atomic E-state index is -0.446. The second-order valence-electron chi connectivity index (χ2n) is 4.00. The molecule has 1 heterocycles. The Bertz CT molecular complexity index is 203. The zero-order valence-electron chi connectivity index (χ0n) is 8.91. The summed E-state index contributed by atoms with van der Waals surface area (Å²) in [5.41, 5.74) is 0. The van der Waals surface area contributed by atoms with Gasteiger partial charge in [0.25, 0.3) is 0 Å². The summed E-state index contributed by atoms with van der Waals surface area (Å²) < 4.78 is 5.50. The fourth-order valence-corrected chi connectivity index (χ4v) is 1.87. The summed E-state index contributed by atoms with van der Waals surface area (Å²) in [6.07, 6.45) is 3.91.